The number of aliphatic hydroxyl groups is 1. The fraction of sp³-hybridized carbons (Fsp3) is 0.130. The first-order valence-corrected chi connectivity index (χ1v) is 9.90. The summed E-state index contributed by atoms with van der Waals surface area (Å²) >= 11 is 11.9. The van der Waals surface area contributed by atoms with E-state index in [0.29, 0.717) is 32.5 Å². The maximum atomic E-state index is 13.0. The van der Waals surface area contributed by atoms with Crippen LogP contribution in [0.3, 0.4) is 0 Å². The highest BCUT2D eigenvalue weighted by Gasteiger charge is 2.21. The van der Waals surface area contributed by atoms with Crippen LogP contribution in [0.15, 0.2) is 66.7 Å². The Hall–Kier alpha value is -3.04. The minimum Gasteiger partial charge on any atom is -0.387 e. The smallest absolute Gasteiger partial charge is 0.326 e. The number of carbonyl (C=O) groups is 1. The van der Waals surface area contributed by atoms with Crippen LogP contribution in [0.25, 0.3) is 0 Å². The van der Waals surface area contributed by atoms with E-state index >= 15 is 0 Å². The first-order chi connectivity index (χ1) is 14.4. The van der Waals surface area contributed by atoms with Crippen LogP contribution in [-0.4, -0.2) is 17.7 Å². The molecule has 152 valence electrons. The summed E-state index contributed by atoms with van der Waals surface area (Å²) in [5, 5.41) is 23.9. The molecular formula is C23H19Cl2N3O2. The molecule has 2 N–H and O–H groups in total. The van der Waals surface area contributed by atoms with E-state index in [1.165, 1.54) is 4.90 Å². The fourth-order valence-corrected chi connectivity index (χ4v) is 3.25. The Morgan fingerprint density at radius 1 is 1.07 bits per heavy atom. The first kappa shape index (κ1) is 21.7. The van der Waals surface area contributed by atoms with Crippen molar-refractivity contribution in [3.05, 3.63) is 93.5 Å². The maximum absolute atomic E-state index is 13.0. The molecule has 5 nitrogen and oxygen atoms in total. The number of hydrogen-bond donors (Lipinski definition) is 2. The number of carbonyl (C=O) groups excluding carboxylic acids is 1. The molecule has 3 aromatic carbocycles. The molecule has 0 radical (unpaired) electrons. The normalized spacial score (nSPS) is 11.4. The molecule has 0 bridgehead atoms. The van der Waals surface area contributed by atoms with Crippen LogP contribution in [0.4, 0.5) is 16.2 Å². The summed E-state index contributed by atoms with van der Waals surface area (Å²) in [6, 6.07) is 20.3. The molecule has 0 saturated carbocycles. The number of anilines is 2. The molecule has 3 aromatic rings. The van der Waals surface area contributed by atoms with Crippen molar-refractivity contribution >= 4 is 40.6 Å². The average molecular weight is 440 g/mol. The van der Waals surface area contributed by atoms with Crippen LogP contribution in [-0.2, 0) is 0 Å². The van der Waals surface area contributed by atoms with Crippen LogP contribution >= 0.6 is 23.2 Å². The van der Waals surface area contributed by atoms with E-state index in [9.17, 15) is 15.2 Å². The number of benzene rings is 3. The Morgan fingerprint density at radius 3 is 2.27 bits per heavy atom. The molecule has 0 aromatic heterocycles. The molecule has 1 unspecified atom stereocenters. The molecule has 0 aliphatic carbocycles. The summed E-state index contributed by atoms with van der Waals surface area (Å²) in [7, 11) is 0. The average Bonchev–Trinajstić information content (AvgIpc) is 2.73. The van der Waals surface area contributed by atoms with Gasteiger partial charge in [-0.15, -0.1) is 0 Å². The highest BCUT2D eigenvalue weighted by molar-refractivity contribution is 6.31. The van der Waals surface area contributed by atoms with Gasteiger partial charge in [0, 0.05) is 21.4 Å². The summed E-state index contributed by atoms with van der Waals surface area (Å²) in [6.07, 6.45) is -0.997. The molecule has 0 spiro atoms. The van der Waals surface area contributed by atoms with Gasteiger partial charge in [-0.2, -0.15) is 5.26 Å². The Morgan fingerprint density at radius 2 is 1.67 bits per heavy atom. The molecule has 0 aliphatic rings. The third-order valence-electron chi connectivity index (χ3n) is 4.45. The van der Waals surface area contributed by atoms with Gasteiger partial charge in [-0.05, 0) is 78.7 Å². The van der Waals surface area contributed by atoms with Gasteiger partial charge in [0.15, 0.2) is 0 Å². The predicted octanol–water partition coefficient (Wildman–Crippen LogP) is 5.95. The zero-order valence-electron chi connectivity index (χ0n) is 16.1. The van der Waals surface area contributed by atoms with Crippen molar-refractivity contribution in [1.29, 1.82) is 5.26 Å². The van der Waals surface area contributed by atoms with Crippen LogP contribution in [0.2, 0.25) is 10.0 Å². The van der Waals surface area contributed by atoms with E-state index in [-0.39, 0.29) is 6.54 Å². The summed E-state index contributed by atoms with van der Waals surface area (Å²) in [6.45, 7) is 1.83. The summed E-state index contributed by atoms with van der Waals surface area (Å²) in [5.74, 6) is 0. The van der Waals surface area contributed by atoms with Crippen LogP contribution < -0.4 is 10.2 Å². The largest absolute Gasteiger partial charge is 0.387 e. The van der Waals surface area contributed by atoms with E-state index in [1.54, 1.807) is 66.7 Å². The summed E-state index contributed by atoms with van der Waals surface area (Å²) in [4.78, 5) is 14.4. The summed E-state index contributed by atoms with van der Waals surface area (Å²) in [5.41, 5.74) is 3.00. The van der Waals surface area contributed by atoms with Gasteiger partial charge >= 0.3 is 6.03 Å². The third-order valence-corrected chi connectivity index (χ3v) is 4.95. The van der Waals surface area contributed by atoms with Crippen molar-refractivity contribution in [2.45, 2.75) is 13.0 Å². The summed E-state index contributed by atoms with van der Waals surface area (Å²) < 4.78 is 0. The van der Waals surface area contributed by atoms with Crippen molar-refractivity contribution in [3.63, 3.8) is 0 Å². The fourth-order valence-electron chi connectivity index (χ4n) is 3.00. The number of amides is 2. The topological polar surface area (TPSA) is 76.4 Å². The Kier molecular flexibility index (Phi) is 6.96. The first-order valence-electron chi connectivity index (χ1n) is 9.15. The SMILES string of the molecule is Cc1cc(C#N)cc(C(O)CN(C(=O)Nc2ccc(Cl)cc2)c2ccc(Cl)cc2)c1. The minimum absolute atomic E-state index is 0.0185. The highest BCUT2D eigenvalue weighted by atomic mass is 35.5. The number of nitriles is 1. The van der Waals surface area contributed by atoms with Gasteiger partial charge in [0.05, 0.1) is 24.3 Å². The standard InChI is InChI=1S/C23H19Cl2N3O2/c1-15-10-16(13-26)12-17(11-15)22(29)14-28(21-8-4-19(25)5-9-21)23(30)27-20-6-2-18(24)3-7-20/h2-12,22,29H,14H2,1H3,(H,27,30). The lowest BCUT2D eigenvalue weighted by Gasteiger charge is -2.26. The van der Waals surface area contributed by atoms with Crippen LogP contribution in [0.5, 0.6) is 0 Å². The Balaban J connectivity index is 1.88. The second-order valence-electron chi connectivity index (χ2n) is 6.78. The number of aliphatic hydroxyl groups excluding tert-OH is 1. The number of hydrogen-bond acceptors (Lipinski definition) is 3. The van der Waals surface area contributed by atoms with E-state index in [2.05, 4.69) is 11.4 Å². The van der Waals surface area contributed by atoms with Crippen LogP contribution in [0, 0.1) is 18.3 Å². The van der Waals surface area contributed by atoms with Gasteiger partial charge < -0.3 is 10.4 Å². The molecule has 30 heavy (non-hydrogen) atoms. The molecule has 0 fully saturated rings. The second-order valence-corrected chi connectivity index (χ2v) is 7.66. The molecule has 7 heteroatoms. The number of rotatable bonds is 5. The van der Waals surface area contributed by atoms with Gasteiger partial charge in [-0.1, -0.05) is 29.3 Å². The van der Waals surface area contributed by atoms with Crippen molar-refractivity contribution < 1.29 is 9.90 Å². The quantitative estimate of drug-likeness (QED) is 0.515. The predicted molar refractivity (Wildman–Crippen MR) is 120 cm³/mol. The minimum atomic E-state index is -0.997. The molecule has 0 heterocycles. The maximum Gasteiger partial charge on any atom is 0.326 e. The van der Waals surface area contributed by atoms with Gasteiger partial charge in [0.2, 0.25) is 0 Å². The highest BCUT2D eigenvalue weighted by Crippen LogP contribution is 2.24. The van der Waals surface area contributed by atoms with Crippen molar-refractivity contribution in [2.75, 3.05) is 16.8 Å². The molecule has 1 atom stereocenters. The molecule has 0 aliphatic heterocycles. The van der Waals surface area contributed by atoms with E-state index in [4.69, 9.17) is 23.2 Å². The Bertz CT molecular complexity index is 1080. The van der Waals surface area contributed by atoms with Crippen molar-refractivity contribution in [2.24, 2.45) is 0 Å². The lowest BCUT2D eigenvalue weighted by atomic mass is 10.0. The third kappa shape index (κ3) is 5.52. The number of urea groups is 1. The van der Waals surface area contributed by atoms with Crippen molar-refractivity contribution in [3.8, 4) is 6.07 Å². The van der Waals surface area contributed by atoms with Crippen LogP contribution in [0.1, 0.15) is 22.8 Å². The van der Waals surface area contributed by atoms with E-state index < -0.39 is 12.1 Å². The number of nitrogens with one attached hydrogen (secondary N) is 1. The van der Waals surface area contributed by atoms with Gasteiger partial charge in [0.25, 0.3) is 0 Å². The molecule has 2 amide bonds. The monoisotopic (exact) mass is 439 g/mol. The zero-order valence-corrected chi connectivity index (χ0v) is 17.7. The van der Waals surface area contributed by atoms with Crippen molar-refractivity contribution in [1.82, 2.24) is 0 Å². The van der Waals surface area contributed by atoms with Gasteiger partial charge in [-0.25, -0.2) is 4.79 Å². The number of nitrogens with zero attached hydrogens (tertiary/aromatic N) is 2. The molecular weight excluding hydrogens is 421 g/mol. The lowest BCUT2D eigenvalue weighted by Crippen LogP contribution is -2.38. The zero-order chi connectivity index (χ0) is 21.7. The van der Waals surface area contributed by atoms with E-state index in [1.807, 2.05) is 6.92 Å². The number of halogens is 2. The second kappa shape index (κ2) is 9.64. The van der Waals surface area contributed by atoms with Gasteiger partial charge in [-0.3, -0.25) is 4.90 Å². The van der Waals surface area contributed by atoms with E-state index in [0.717, 1.165) is 5.56 Å². The molecule has 0 saturated heterocycles. The molecule has 3 rings (SSSR count). The lowest BCUT2D eigenvalue weighted by molar-refractivity contribution is 0.183. The van der Waals surface area contributed by atoms with Gasteiger partial charge in [0.1, 0.15) is 0 Å². The number of aryl methyl sites for hydroxylation is 1. The Labute approximate surface area is 185 Å².